The Balaban J connectivity index is 2.21. The molecule has 2 rings (SSSR count). The SMILES string of the molecule is CC(C)(C)[Si](C)(C)OC1C=Cc2ccccc21. The second-order valence-corrected chi connectivity index (χ2v) is 11.0. The zero-order valence-electron chi connectivity index (χ0n) is 11.4. The molecule has 92 valence electrons. The maximum atomic E-state index is 6.44. The second kappa shape index (κ2) is 4.11. The molecule has 1 atom stereocenters. The molecule has 0 saturated carbocycles. The van der Waals surface area contributed by atoms with Gasteiger partial charge in [0, 0.05) is 0 Å². The third-order valence-electron chi connectivity index (χ3n) is 3.98. The molecule has 1 aromatic carbocycles. The standard InChI is InChI=1S/C15H22OSi/c1-15(2,3)17(4,5)16-14-11-10-12-8-6-7-9-13(12)14/h6-11,14H,1-5H3. The lowest BCUT2D eigenvalue weighted by atomic mass is 10.1. The Morgan fingerprint density at radius 2 is 1.76 bits per heavy atom. The first-order valence-electron chi connectivity index (χ1n) is 6.26. The topological polar surface area (TPSA) is 9.23 Å². The molecular formula is C15H22OSi. The van der Waals surface area contributed by atoms with Crippen LogP contribution in [0.25, 0.3) is 6.08 Å². The van der Waals surface area contributed by atoms with Crippen LogP contribution in [0.1, 0.15) is 38.0 Å². The van der Waals surface area contributed by atoms with Crippen molar-refractivity contribution in [1.29, 1.82) is 0 Å². The van der Waals surface area contributed by atoms with Crippen molar-refractivity contribution in [1.82, 2.24) is 0 Å². The first-order valence-corrected chi connectivity index (χ1v) is 9.17. The van der Waals surface area contributed by atoms with Crippen molar-refractivity contribution >= 4 is 14.4 Å². The Bertz CT molecular complexity index is 440. The van der Waals surface area contributed by atoms with Crippen LogP contribution in [0.4, 0.5) is 0 Å². The van der Waals surface area contributed by atoms with Crippen LogP contribution in [0, 0.1) is 0 Å². The molecule has 0 aromatic heterocycles. The van der Waals surface area contributed by atoms with Gasteiger partial charge in [0.25, 0.3) is 0 Å². The molecule has 0 spiro atoms. The molecule has 1 aromatic rings. The average molecular weight is 246 g/mol. The summed E-state index contributed by atoms with van der Waals surface area (Å²) in [5, 5.41) is 0.262. The predicted molar refractivity (Wildman–Crippen MR) is 76.5 cm³/mol. The third kappa shape index (κ3) is 2.38. The lowest BCUT2D eigenvalue weighted by molar-refractivity contribution is 0.232. The Morgan fingerprint density at radius 3 is 2.41 bits per heavy atom. The van der Waals surface area contributed by atoms with Gasteiger partial charge in [-0.2, -0.15) is 0 Å². The molecule has 0 saturated heterocycles. The molecule has 0 N–H and O–H groups in total. The van der Waals surface area contributed by atoms with Gasteiger partial charge in [-0.25, -0.2) is 0 Å². The molecule has 0 fully saturated rings. The van der Waals surface area contributed by atoms with Gasteiger partial charge in [-0.3, -0.25) is 0 Å². The average Bonchev–Trinajstić information content (AvgIpc) is 2.60. The highest BCUT2D eigenvalue weighted by atomic mass is 28.4. The predicted octanol–water partition coefficient (Wildman–Crippen LogP) is 4.78. The van der Waals surface area contributed by atoms with Gasteiger partial charge < -0.3 is 4.43 Å². The monoisotopic (exact) mass is 246 g/mol. The summed E-state index contributed by atoms with van der Waals surface area (Å²) in [5.74, 6) is 0. The van der Waals surface area contributed by atoms with Crippen LogP contribution < -0.4 is 0 Å². The van der Waals surface area contributed by atoms with Gasteiger partial charge in [0.2, 0.25) is 0 Å². The quantitative estimate of drug-likeness (QED) is 0.683. The van der Waals surface area contributed by atoms with Crippen molar-refractivity contribution in [3.63, 3.8) is 0 Å². The van der Waals surface area contributed by atoms with Crippen LogP contribution in [0.2, 0.25) is 18.1 Å². The minimum Gasteiger partial charge on any atom is -0.406 e. The molecule has 1 aliphatic rings. The molecule has 2 heteroatoms. The van der Waals surface area contributed by atoms with E-state index >= 15 is 0 Å². The first kappa shape index (κ1) is 12.6. The van der Waals surface area contributed by atoms with E-state index in [1.807, 2.05) is 0 Å². The summed E-state index contributed by atoms with van der Waals surface area (Å²) in [7, 11) is -1.69. The van der Waals surface area contributed by atoms with Gasteiger partial charge in [0.15, 0.2) is 8.32 Å². The number of hydrogen-bond acceptors (Lipinski definition) is 1. The summed E-state index contributed by atoms with van der Waals surface area (Å²) in [6, 6.07) is 8.50. The van der Waals surface area contributed by atoms with Crippen LogP contribution in [0.15, 0.2) is 30.3 Å². The van der Waals surface area contributed by atoms with Crippen LogP contribution in [0.3, 0.4) is 0 Å². The highest BCUT2D eigenvalue weighted by Gasteiger charge is 2.39. The fraction of sp³-hybridized carbons (Fsp3) is 0.467. The zero-order chi connectivity index (χ0) is 12.7. The first-order chi connectivity index (χ1) is 7.81. The van der Waals surface area contributed by atoms with E-state index in [0.29, 0.717) is 0 Å². The Morgan fingerprint density at radius 1 is 1.12 bits per heavy atom. The largest absolute Gasteiger partial charge is 0.406 e. The third-order valence-corrected chi connectivity index (χ3v) is 8.44. The van der Waals surface area contributed by atoms with Gasteiger partial charge in [-0.1, -0.05) is 57.2 Å². The van der Waals surface area contributed by atoms with E-state index in [1.165, 1.54) is 11.1 Å². The van der Waals surface area contributed by atoms with E-state index < -0.39 is 8.32 Å². The zero-order valence-corrected chi connectivity index (χ0v) is 12.4. The van der Waals surface area contributed by atoms with Crippen molar-refractivity contribution in [2.45, 2.75) is 45.0 Å². The van der Waals surface area contributed by atoms with E-state index in [1.54, 1.807) is 0 Å². The normalized spacial score (nSPS) is 19.5. The van der Waals surface area contributed by atoms with E-state index in [4.69, 9.17) is 4.43 Å². The molecular weight excluding hydrogens is 224 g/mol. The molecule has 0 aliphatic heterocycles. The van der Waals surface area contributed by atoms with Crippen LogP contribution in [-0.4, -0.2) is 8.32 Å². The summed E-state index contributed by atoms with van der Waals surface area (Å²) in [6.07, 6.45) is 4.52. The maximum Gasteiger partial charge on any atom is 0.193 e. The van der Waals surface area contributed by atoms with Crippen LogP contribution in [-0.2, 0) is 4.43 Å². The van der Waals surface area contributed by atoms with Gasteiger partial charge in [0.1, 0.15) is 0 Å². The summed E-state index contributed by atoms with van der Waals surface area (Å²) >= 11 is 0. The molecule has 1 aliphatic carbocycles. The maximum absolute atomic E-state index is 6.44. The smallest absolute Gasteiger partial charge is 0.193 e. The molecule has 17 heavy (non-hydrogen) atoms. The fourth-order valence-corrected chi connectivity index (χ4v) is 3.01. The van der Waals surface area contributed by atoms with E-state index in [-0.39, 0.29) is 11.1 Å². The number of fused-ring (bicyclic) bond motifs is 1. The van der Waals surface area contributed by atoms with Gasteiger partial charge in [-0.15, -0.1) is 0 Å². The lowest BCUT2D eigenvalue weighted by Crippen LogP contribution is -2.41. The van der Waals surface area contributed by atoms with Gasteiger partial charge in [-0.05, 0) is 29.3 Å². The van der Waals surface area contributed by atoms with Crippen molar-refractivity contribution in [3.8, 4) is 0 Å². The van der Waals surface area contributed by atoms with Crippen molar-refractivity contribution < 1.29 is 4.43 Å². The molecule has 0 radical (unpaired) electrons. The van der Waals surface area contributed by atoms with E-state index in [2.05, 4.69) is 70.3 Å². The summed E-state index contributed by atoms with van der Waals surface area (Å²) in [6.45, 7) is 11.5. The van der Waals surface area contributed by atoms with Crippen LogP contribution in [0.5, 0.6) is 0 Å². The number of hydrogen-bond donors (Lipinski definition) is 0. The van der Waals surface area contributed by atoms with Crippen molar-refractivity contribution in [2.75, 3.05) is 0 Å². The highest BCUT2D eigenvalue weighted by Crippen LogP contribution is 2.42. The Hall–Kier alpha value is -0.863. The number of rotatable bonds is 2. The summed E-state index contributed by atoms with van der Waals surface area (Å²) in [5.41, 5.74) is 2.62. The minimum absolute atomic E-state index is 0.159. The highest BCUT2D eigenvalue weighted by molar-refractivity contribution is 6.74. The van der Waals surface area contributed by atoms with E-state index in [0.717, 1.165) is 0 Å². The van der Waals surface area contributed by atoms with Crippen molar-refractivity contribution in [2.24, 2.45) is 0 Å². The number of benzene rings is 1. The summed E-state index contributed by atoms with van der Waals surface area (Å²) < 4.78 is 6.44. The van der Waals surface area contributed by atoms with Gasteiger partial charge in [0.05, 0.1) is 6.10 Å². The molecule has 0 bridgehead atoms. The summed E-state index contributed by atoms with van der Waals surface area (Å²) in [4.78, 5) is 0. The molecule has 1 unspecified atom stereocenters. The second-order valence-electron chi connectivity index (χ2n) is 6.29. The van der Waals surface area contributed by atoms with E-state index in [9.17, 15) is 0 Å². The van der Waals surface area contributed by atoms with Crippen LogP contribution >= 0.6 is 0 Å². The Labute approximate surface area is 106 Å². The van der Waals surface area contributed by atoms with Gasteiger partial charge >= 0.3 is 0 Å². The lowest BCUT2D eigenvalue weighted by Gasteiger charge is -2.38. The Kier molecular flexibility index (Phi) is 3.04. The molecule has 0 amide bonds. The molecule has 0 heterocycles. The molecule has 1 nitrogen and oxygen atoms in total. The fourth-order valence-electron chi connectivity index (χ4n) is 1.81. The minimum atomic E-state index is -1.69. The van der Waals surface area contributed by atoms with Crippen molar-refractivity contribution in [3.05, 3.63) is 41.5 Å².